The van der Waals surface area contributed by atoms with Crippen LogP contribution < -0.4 is 4.74 Å². The molecule has 1 aromatic carbocycles. The summed E-state index contributed by atoms with van der Waals surface area (Å²) in [4.78, 5) is 0. The first-order valence-corrected chi connectivity index (χ1v) is 6.86. The lowest BCUT2D eigenvalue weighted by atomic mass is 9.69. The third-order valence-electron chi connectivity index (χ3n) is 4.40. The van der Waals surface area contributed by atoms with Crippen molar-refractivity contribution in [2.24, 2.45) is 5.41 Å². The van der Waals surface area contributed by atoms with Crippen LogP contribution in [0.4, 0.5) is 0 Å². The number of rotatable bonds is 4. The van der Waals surface area contributed by atoms with Crippen molar-refractivity contribution in [1.29, 1.82) is 0 Å². The summed E-state index contributed by atoms with van der Waals surface area (Å²) in [5.74, 6) is 1.01. The van der Waals surface area contributed by atoms with Crippen molar-refractivity contribution in [3.8, 4) is 5.75 Å². The van der Waals surface area contributed by atoms with Crippen LogP contribution in [0.5, 0.6) is 5.75 Å². The molecule has 1 aliphatic carbocycles. The number of aliphatic hydroxyl groups excluding tert-OH is 1. The van der Waals surface area contributed by atoms with Gasteiger partial charge in [-0.2, -0.15) is 0 Å². The molecule has 0 heterocycles. The molecule has 1 aromatic rings. The largest absolute Gasteiger partial charge is 0.496 e. The summed E-state index contributed by atoms with van der Waals surface area (Å²) in [6, 6.07) is 4.31. The monoisotopic (exact) mass is 248 g/mol. The molecule has 2 rings (SSSR count). The minimum atomic E-state index is 0.310. The van der Waals surface area contributed by atoms with Crippen LogP contribution in [0.2, 0.25) is 0 Å². The molecule has 0 spiro atoms. The molecule has 18 heavy (non-hydrogen) atoms. The van der Waals surface area contributed by atoms with Gasteiger partial charge >= 0.3 is 0 Å². The van der Waals surface area contributed by atoms with Gasteiger partial charge in [-0.15, -0.1) is 0 Å². The summed E-state index contributed by atoms with van der Waals surface area (Å²) < 4.78 is 5.39. The highest BCUT2D eigenvalue weighted by Gasteiger charge is 2.30. The van der Waals surface area contributed by atoms with Gasteiger partial charge in [-0.25, -0.2) is 0 Å². The zero-order chi connectivity index (χ0) is 13.2. The van der Waals surface area contributed by atoms with Crippen LogP contribution in [0.15, 0.2) is 12.1 Å². The van der Waals surface area contributed by atoms with E-state index in [9.17, 15) is 0 Å². The van der Waals surface area contributed by atoms with Gasteiger partial charge in [0.2, 0.25) is 0 Å². The maximum absolute atomic E-state index is 9.00. The van der Waals surface area contributed by atoms with Crippen LogP contribution in [0.1, 0.15) is 42.9 Å². The summed E-state index contributed by atoms with van der Waals surface area (Å²) in [7, 11) is 1.74. The Kier molecular flexibility index (Phi) is 3.96. The Morgan fingerprint density at radius 3 is 2.83 bits per heavy atom. The molecule has 0 bridgehead atoms. The number of benzene rings is 1. The second-order valence-corrected chi connectivity index (χ2v) is 5.85. The third kappa shape index (κ3) is 2.54. The topological polar surface area (TPSA) is 29.5 Å². The Morgan fingerprint density at radius 2 is 2.17 bits per heavy atom. The first-order valence-electron chi connectivity index (χ1n) is 6.86. The Balaban J connectivity index is 2.23. The van der Waals surface area contributed by atoms with Crippen LogP contribution in [0.25, 0.3) is 0 Å². The van der Waals surface area contributed by atoms with Crippen LogP contribution in [0.3, 0.4) is 0 Å². The Hall–Kier alpha value is -1.02. The van der Waals surface area contributed by atoms with E-state index in [0.29, 0.717) is 12.0 Å². The van der Waals surface area contributed by atoms with Crippen LogP contribution in [0, 0.1) is 12.3 Å². The number of hydrogen-bond acceptors (Lipinski definition) is 2. The highest BCUT2D eigenvalue weighted by molar-refractivity contribution is 5.46. The molecular weight excluding hydrogens is 224 g/mol. The normalized spacial score (nSPS) is 22.7. The summed E-state index contributed by atoms with van der Waals surface area (Å²) >= 11 is 0. The van der Waals surface area contributed by atoms with Crippen molar-refractivity contribution in [1.82, 2.24) is 0 Å². The molecule has 1 unspecified atom stereocenters. The molecule has 0 amide bonds. The number of fused-ring (bicyclic) bond motifs is 1. The molecule has 0 saturated carbocycles. The minimum absolute atomic E-state index is 0.310. The molecule has 0 radical (unpaired) electrons. The van der Waals surface area contributed by atoms with Gasteiger partial charge in [-0.3, -0.25) is 0 Å². The Bertz CT molecular complexity index is 425. The van der Waals surface area contributed by atoms with Crippen molar-refractivity contribution in [3.05, 3.63) is 28.8 Å². The average molecular weight is 248 g/mol. The molecule has 2 nitrogen and oxygen atoms in total. The first kappa shape index (κ1) is 13.4. The first-order chi connectivity index (χ1) is 8.59. The molecule has 0 saturated heterocycles. The molecule has 0 aliphatic heterocycles. The highest BCUT2D eigenvalue weighted by Crippen LogP contribution is 2.41. The van der Waals surface area contributed by atoms with Gasteiger partial charge in [0, 0.05) is 6.61 Å². The van der Waals surface area contributed by atoms with E-state index in [1.165, 1.54) is 23.1 Å². The molecule has 2 heteroatoms. The number of aliphatic hydroxyl groups is 1. The SMILES string of the molecule is COc1ccc2c(c1C)CCC(C)(CCCO)C2. The van der Waals surface area contributed by atoms with Gasteiger partial charge in [0.25, 0.3) is 0 Å². The van der Waals surface area contributed by atoms with E-state index >= 15 is 0 Å². The van der Waals surface area contributed by atoms with Crippen LogP contribution in [-0.2, 0) is 12.8 Å². The predicted molar refractivity (Wildman–Crippen MR) is 74.2 cm³/mol. The molecule has 1 N–H and O–H groups in total. The molecular formula is C16H24O2. The summed E-state index contributed by atoms with van der Waals surface area (Å²) in [6.07, 6.45) is 5.52. The van der Waals surface area contributed by atoms with Gasteiger partial charge in [0.05, 0.1) is 7.11 Å². The van der Waals surface area contributed by atoms with Crippen molar-refractivity contribution < 1.29 is 9.84 Å². The van der Waals surface area contributed by atoms with Gasteiger partial charge in [0.1, 0.15) is 5.75 Å². The van der Waals surface area contributed by atoms with E-state index in [1.54, 1.807) is 7.11 Å². The van der Waals surface area contributed by atoms with Gasteiger partial charge in [-0.05, 0) is 67.2 Å². The van der Waals surface area contributed by atoms with Crippen LogP contribution in [-0.4, -0.2) is 18.8 Å². The quantitative estimate of drug-likeness (QED) is 0.886. The molecule has 1 aliphatic rings. The van der Waals surface area contributed by atoms with E-state index in [1.807, 2.05) is 0 Å². The fourth-order valence-corrected chi connectivity index (χ4v) is 3.22. The summed E-state index contributed by atoms with van der Waals surface area (Å²) in [5.41, 5.74) is 4.62. The van der Waals surface area contributed by atoms with E-state index in [0.717, 1.165) is 31.4 Å². The average Bonchev–Trinajstić information content (AvgIpc) is 2.37. The van der Waals surface area contributed by atoms with Crippen molar-refractivity contribution in [2.45, 2.75) is 46.0 Å². The van der Waals surface area contributed by atoms with E-state index in [4.69, 9.17) is 9.84 Å². The maximum atomic E-state index is 9.00. The second kappa shape index (κ2) is 5.31. The Morgan fingerprint density at radius 1 is 1.39 bits per heavy atom. The van der Waals surface area contributed by atoms with Gasteiger partial charge in [-0.1, -0.05) is 13.0 Å². The second-order valence-electron chi connectivity index (χ2n) is 5.85. The minimum Gasteiger partial charge on any atom is -0.496 e. The lowest BCUT2D eigenvalue weighted by molar-refractivity contribution is 0.208. The summed E-state index contributed by atoms with van der Waals surface area (Å²) in [5, 5.41) is 9.00. The molecule has 0 aromatic heterocycles. The van der Waals surface area contributed by atoms with Crippen molar-refractivity contribution >= 4 is 0 Å². The van der Waals surface area contributed by atoms with Crippen LogP contribution >= 0.6 is 0 Å². The maximum Gasteiger partial charge on any atom is 0.122 e. The van der Waals surface area contributed by atoms with E-state index < -0.39 is 0 Å². The molecule has 0 fully saturated rings. The lowest BCUT2D eigenvalue weighted by Crippen LogP contribution is -2.26. The summed E-state index contributed by atoms with van der Waals surface area (Å²) in [6.45, 7) is 4.82. The molecule has 1 atom stereocenters. The zero-order valence-electron chi connectivity index (χ0n) is 11.8. The van der Waals surface area contributed by atoms with E-state index in [-0.39, 0.29) is 0 Å². The number of hydrogen-bond donors (Lipinski definition) is 1. The lowest BCUT2D eigenvalue weighted by Gasteiger charge is -2.36. The Labute approximate surface area is 110 Å². The van der Waals surface area contributed by atoms with Crippen molar-refractivity contribution in [3.63, 3.8) is 0 Å². The predicted octanol–water partition coefficient (Wildman–Crippen LogP) is 3.27. The zero-order valence-corrected chi connectivity index (χ0v) is 11.8. The van der Waals surface area contributed by atoms with Gasteiger partial charge < -0.3 is 9.84 Å². The molecule has 100 valence electrons. The number of ether oxygens (including phenoxy) is 1. The number of methoxy groups -OCH3 is 1. The van der Waals surface area contributed by atoms with E-state index in [2.05, 4.69) is 26.0 Å². The fourth-order valence-electron chi connectivity index (χ4n) is 3.22. The van der Waals surface area contributed by atoms with Gasteiger partial charge in [0.15, 0.2) is 0 Å². The fraction of sp³-hybridized carbons (Fsp3) is 0.625. The third-order valence-corrected chi connectivity index (χ3v) is 4.40. The highest BCUT2D eigenvalue weighted by atomic mass is 16.5. The standard InChI is InChI=1S/C16H24O2/c1-12-14-7-9-16(2,8-4-10-17)11-13(14)5-6-15(12)18-3/h5-6,17H,4,7-11H2,1-3H3. The van der Waals surface area contributed by atoms with Crippen molar-refractivity contribution in [2.75, 3.05) is 13.7 Å². The smallest absolute Gasteiger partial charge is 0.122 e.